The lowest BCUT2D eigenvalue weighted by Crippen LogP contribution is -2.43. The Morgan fingerprint density at radius 3 is 2.88 bits per heavy atom. The van der Waals surface area contributed by atoms with Crippen molar-refractivity contribution in [1.29, 1.82) is 0 Å². The van der Waals surface area contributed by atoms with Crippen molar-refractivity contribution >= 4 is 17.4 Å². The summed E-state index contributed by atoms with van der Waals surface area (Å²) in [5.74, 6) is 0.0729. The van der Waals surface area contributed by atoms with E-state index in [1.165, 1.54) is 11.5 Å². The monoisotopic (exact) mass is 254 g/mol. The molecule has 1 aliphatic heterocycles. The molecule has 1 aromatic rings. The summed E-state index contributed by atoms with van der Waals surface area (Å²) in [6.07, 6.45) is 2.81. The van der Waals surface area contributed by atoms with Gasteiger partial charge >= 0.3 is 0 Å². The molecule has 5 nitrogen and oxygen atoms in total. The minimum atomic E-state index is 0.0729. The van der Waals surface area contributed by atoms with Gasteiger partial charge in [-0.3, -0.25) is 4.79 Å². The van der Waals surface area contributed by atoms with Gasteiger partial charge < -0.3 is 10.2 Å². The van der Waals surface area contributed by atoms with Gasteiger partial charge in [0.25, 0.3) is 5.91 Å². The van der Waals surface area contributed by atoms with Gasteiger partial charge in [-0.1, -0.05) is 11.4 Å². The molecule has 1 amide bonds. The summed E-state index contributed by atoms with van der Waals surface area (Å²) in [6.45, 7) is 3.98. The average molecular weight is 254 g/mol. The molecule has 6 heteroatoms. The van der Waals surface area contributed by atoms with Crippen molar-refractivity contribution in [3.8, 4) is 0 Å². The highest BCUT2D eigenvalue weighted by molar-refractivity contribution is 7.07. The molecule has 0 aliphatic carbocycles. The lowest BCUT2D eigenvalue weighted by Gasteiger charge is -2.31. The average Bonchev–Trinajstić information content (AvgIpc) is 2.86. The van der Waals surface area contributed by atoms with E-state index >= 15 is 0 Å². The number of nitrogens with one attached hydrogen (secondary N) is 1. The fourth-order valence-electron chi connectivity index (χ4n) is 2.12. The Balaban J connectivity index is 2.08. The maximum Gasteiger partial charge on any atom is 0.267 e. The second kappa shape index (κ2) is 5.55. The van der Waals surface area contributed by atoms with E-state index in [-0.39, 0.29) is 5.91 Å². The highest BCUT2D eigenvalue weighted by Crippen LogP contribution is 2.18. The first-order chi connectivity index (χ1) is 8.24. The summed E-state index contributed by atoms with van der Waals surface area (Å²) in [4.78, 5) is 14.9. The van der Waals surface area contributed by atoms with Crippen LogP contribution in [0.2, 0.25) is 0 Å². The van der Waals surface area contributed by atoms with Gasteiger partial charge in [-0.2, -0.15) is 0 Å². The third kappa shape index (κ3) is 2.63. The van der Waals surface area contributed by atoms with Crippen LogP contribution in [0.5, 0.6) is 0 Å². The highest BCUT2D eigenvalue weighted by Gasteiger charge is 2.25. The second-order valence-corrected chi connectivity index (χ2v) is 5.05. The van der Waals surface area contributed by atoms with E-state index in [2.05, 4.69) is 14.9 Å². The number of piperidine rings is 1. The fourth-order valence-corrected chi connectivity index (χ4v) is 2.86. The number of aromatic nitrogens is 2. The zero-order valence-corrected chi connectivity index (χ0v) is 11.1. The molecule has 94 valence electrons. The molecule has 0 bridgehead atoms. The van der Waals surface area contributed by atoms with Gasteiger partial charge in [-0.05, 0) is 43.9 Å². The van der Waals surface area contributed by atoms with Crippen LogP contribution in [0.25, 0.3) is 0 Å². The summed E-state index contributed by atoms with van der Waals surface area (Å²) in [5.41, 5.74) is 0.820. The summed E-state index contributed by atoms with van der Waals surface area (Å²) in [7, 11) is 1.89. The lowest BCUT2D eigenvalue weighted by molar-refractivity contribution is 0.0707. The predicted molar refractivity (Wildman–Crippen MR) is 67.3 cm³/mol. The quantitative estimate of drug-likeness (QED) is 0.871. The number of aryl methyl sites for hydroxylation is 1. The molecule has 0 atom stereocenters. The van der Waals surface area contributed by atoms with Crippen LogP contribution >= 0.6 is 11.5 Å². The first kappa shape index (κ1) is 12.4. The van der Waals surface area contributed by atoms with Gasteiger partial charge in [-0.25, -0.2) is 0 Å². The van der Waals surface area contributed by atoms with Crippen LogP contribution in [-0.2, 0) is 6.42 Å². The Kier molecular flexibility index (Phi) is 4.06. The maximum absolute atomic E-state index is 12.3. The molecule has 17 heavy (non-hydrogen) atoms. The summed E-state index contributed by atoms with van der Waals surface area (Å²) in [6, 6.07) is 0.343. The first-order valence-corrected chi connectivity index (χ1v) is 6.80. The molecule has 1 saturated heterocycles. The van der Waals surface area contributed by atoms with Crippen LogP contribution in [-0.4, -0.2) is 46.6 Å². The number of hydrogen-bond acceptors (Lipinski definition) is 5. The molecular formula is C11H18N4OS. The van der Waals surface area contributed by atoms with Crippen molar-refractivity contribution < 1.29 is 4.79 Å². The van der Waals surface area contributed by atoms with E-state index < -0.39 is 0 Å². The van der Waals surface area contributed by atoms with Gasteiger partial charge in [0.2, 0.25) is 0 Å². The number of hydrogen-bond donors (Lipinski definition) is 1. The largest absolute Gasteiger partial charge is 0.338 e. The van der Waals surface area contributed by atoms with Gasteiger partial charge in [0.1, 0.15) is 4.88 Å². The van der Waals surface area contributed by atoms with Crippen LogP contribution in [0.3, 0.4) is 0 Å². The van der Waals surface area contributed by atoms with Crippen molar-refractivity contribution in [3.63, 3.8) is 0 Å². The molecule has 1 aliphatic rings. The Hall–Kier alpha value is -1.01. The van der Waals surface area contributed by atoms with Crippen LogP contribution in [0.15, 0.2) is 0 Å². The molecule has 2 rings (SSSR count). The SMILES string of the molecule is CCc1nnsc1C(=O)N(C)C1CCNCC1. The van der Waals surface area contributed by atoms with Crippen molar-refractivity contribution in [2.45, 2.75) is 32.2 Å². The van der Waals surface area contributed by atoms with E-state index in [0.717, 1.165) is 38.0 Å². The molecule has 0 aromatic carbocycles. The van der Waals surface area contributed by atoms with Crippen LogP contribution < -0.4 is 5.32 Å². The van der Waals surface area contributed by atoms with Gasteiger partial charge in [0.05, 0.1) is 5.69 Å². The standard InChI is InChI=1S/C11H18N4OS/c1-3-9-10(17-14-13-9)11(16)15(2)8-4-6-12-7-5-8/h8,12H,3-7H2,1-2H3. The highest BCUT2D eigenvalue weighted by atomic mass is 32.1. The summed E-state index contributed by atoms with van der Waals surface area (Å²) in [5, 5.41) is 7.30. The number of nitrogens with zero attached hydrogens (tertiary/aromatic N) is 3. The Morgan fingerprint density at radius 1 is 1.53 bits per heavy atom. The number of carbonyl (C=O) groups is 1. The normalized spacial score (nSPS) is 17.1. The van der Waals surface area contributed by atoms with E-state index in [1.807, 2.05) is 18.9 Å². The van der Waals surface area contributed by atoms with Gasteiger partial charge in [-0.15, -0.1) is 5.10 Å². The molecule has 0 saturated carbocycles. The Bertz CT molecular complexity index is 387. The fraction of sp³-hybridized carbons (Fsp3) is 0.727. The van der Waals surface area contributed by atoms with E-state index in [4.69, 9.17) is 0 Å². The topological polar surface area (TPSA) is 58.1 Å². The van der Waals surface area contributed by atoms with E-state index in [9.17, 15) is 4.79 Å². The molecule has 2 heterocycles. The lowest BCUT2D eigenvalue weighted by atomic mass is 10.1. The third-order valence-corrected chi connectivity index (χ3v) is 4.02. The van der Waals surface area contributed by atoms with Crippen molar-refractivity contribution in [2.75, 3.05) is 20.1 Å². The maximum atomic E-state index is 12.3. The number of rotatable bonds is 3. The van der Waals surface area contributed by atoms with Crippen molar-refractivity contribution in [3.05, 3.63) is 10.6 Å². The van der Waals surface area contributed by atoms with Crippen LogP contribution in [0.1, 0.15) is 35.1 Å². The van der Waals surface area contributed by atoms with Crippen molar-refractivity contribution in [1.82, 2.24) is 19.8 Å². The molecule has 0 unspecified atom stereocenters. The minimum Gasteiger partial charge on any atom is -0.338 e. The molecule has 0 spiro atoms. The molecule has 1 N–H and O–H groups in total. The zero-order valence-electron chi connectivity index (χ0n) is 10.3. The zero-order chi connectivity index (χ0) is 12.3. The third-order valence-electron chi connectivity index (χ3n) is 3.26. The predicted octanol–water partition coefficient (Wildman–Crippen LogP) is 0.924. The number of carbonyl (C=O) groups excluding carboxylic acids is 1. The van der Waals surface area contributed by atoms with Crippen LogP contribution in [0, 0.1) is 0 Å². The minimum absolute atomic E-state index is 0.0729. The molecule has 1 aromatic heterocycles. The summed E-state index contributed by atoms with van der Waals surface area (Å²) < 4.78 is 3.87. The van der Waals surface area contributed by atoms with Gasteiger partial charge in [0, 0.05) is 13.1 Å². The van der Waals surface area contributed by atoms with Gasteiger partial charge in [0.15, 0.2) is 0 Å². The molecular weight excluding hydrogens is 236 g/mol. The first-order valence-electron chi connectivity index (χ1n) is 6.03. The second-order valence-electron chi connectivity index (χ2n) is 4.30. The van der Waals surface area contributed by atoms with Crippen molar-refractivity contribution in [2.24, 2.45) is 0 Å². The molecule has 1 fully saturated rings. The van der Waals surface area contributed by atoms with Crippen LogP contribution in [0.4, 0.5) is 0 Å². The number of amides is 1. The summed E-state index contributed by atoms with van der Waals surface area (Å²) >= 11 is 1.21. The Labute approximate surface area is 105 Å². The van der Waals surface area contributed by atoms with E-state index in [1.54, 1.807) is 0 Å². The van der Waals surface area contributed by atoms with E-state index in [0.29, 0.717) is 10.9 Å². The Morgan fingerprint density at radius 2 is 2.24 bits per heavy atom. The smallest absolute Gasteiger partial charge is 0.267 e. The molecule has 0 radical (unpaired) electrons.